The minimum Gasteiger partial charge on any atom is -0.398 e. The third-order valence-corrected chi connectivity index (χ3v) is 3.72. The van der Waals surface area contributed by atoms with Gasteiger partial charge in [-0.05, 0) is 40.8 Å². The van der Waals surface area contributed by atoms with Crippen LogP contribution in [0.2, 0.25) is 0 Å². The van der Waals surface area contributed by atoms with E-state index in [1.54, 1.807) is 4.68 Å². The number of hydrogen-bond acceptors (Lipinski definition) is 3. The molecule has 0 spiro atoms. The maximum absolute atomic E-state index is 6.05. The number of nitrogen functional groups attached to an aromatic ring is 1. The average Bonchev–Trinajstić information content (AvgIpc) is 2.84. The van der Waals surface area contributed by atoms with Crippen molar-refractivity contribution >= 4 is 28.3 Å². The summed E-state index contributed by atoms with van der Waals surface area (Å²) in [5.41, 5.74) is 8.67. The normalized spacial score (nSPS) is 10.7. The molecule has 0 aliphatic heterocycles. The van der Waals surface area contributed by atoms with Crippen LogP contribution >= 0.6 is 22.6 Å². The smallest absolute Gasteiger partial charge is 0.181 e. The Kier molecular flexibility index (Phi) is 3.43. The van der Waals surface area contributed by atoms with Gasteiger partial charge in [-0.25, -0.2) is 9.67 Å². The third kappa shape index (κ3) is 2.40. The molecule has 0 bridgehead atoms. The van der Waals surface area contributed by atoms with E-state index in [-0.39, 0.29) is 0 Å². The van der Waals surface area contributed by atoms with Crippen molar-refractivity contribution in [2.24, 2.45) is 7.05 Å². The molecule has 1 heterocycles. The highest BCUT2D eigenvalue weighted by molar-refractivity contribution is 14.1. The first kappa shape index (κ1) is 13.1. The van der Waals surface area contributed by atoms with Gasteiger partial charge in [-0.1, -0.05) is 30.3 Å². The Bertz CT molecular complexity index is 750. The monoisotopic (exact) mass is 376 g/mol. The van der Waals surface area contributed by atoms with Crippen molar-refractivity contribution in [2.45, 2.75) is 0 Å². The molecule has 2 aromatic carbocycles. The van der Waals surface area contributed by atoms with Crippen molar-refractivity contribution in [1.29, 1.82) is 0 Å². The Balaban J connectivity index is 2.12. The zero-order valence-electron chi connectivity index (χ0n) is 10.9. The highest BCUT2D eigenvalue weighted by Crippen LogP contribution is 2.27. The van der Waals surface area contributed by atoms with Gasteiger partial charge in [0.1, 0.15) is 0 Å². The van der Waals surface area contributed by atoms with E-state index in [2.05, 4.69) is 32.7 Å². The van der Waals surface area contributed by atoms with Crippen LogP contribution in [0, 0.1) is 3.57 Å². The molecular formula is C15H13IN4. The van der Waals surface area contributed by atoms with Crippen LogP contribution in [0.1, 0.15) is 0 Å². The predicted molar refractivity (Wildman–Crippen MR) is 89.0 cm³/mol. The van der Waals surface area contributed by atoms with E-state index in [1.165, 1.54) is 0 Å². The van der Waals surface area contributed by atoms with E-state index in [0.29, 0.717) is 11.5 Å². The van der Waals surface area contributed by atoms with Crippen molar-refractivity contribution in [2.75, 3.05) is 5.73 Å². The first-order chi connectivity index (χ1) is 9.65. The first-order valence-electron chi connectivity index (χ1n) is 6.17. The summed E-state index contributed by atoms with van der Waals surface area (Å²) in [5, 5.41) is 4.48. The summed E-state index contributed by atoms with van der Waals surface area (Å²) >= 11 is 2.27. The van der Waals surface area contributed by atoms with E-state index >= 15 is 0 Å². The van der Waals surface area contributed by atoms with Crippen LogP contribution < -0.4 is 5.73 Å². The second-order valence-electron chi connectivity index (χ2n) is 4.48. The highest BCUT2D eigenvalue weighted by Gasteiger charge is 2.13. The molecule has 0 radical (unpaired) electrons. The summed E-state index contributed by atoms with van der Waals surface area (Å²) in [6.45, 7) is 0. The summed E-state index contributed by atoms with van der Waals surface area (Å²) in [6.07, 6.45) is 0. The van der Waals surface area contributed by atoms with E-state index in [4.69, 9.17) is 5.73 Å². The van der Waals surface area contributed by atoms with Gasteiger partial charge in [0, 0.05) is 27.4 Å². The summed E-state index contributed by atoms with van der Waals surface area (Å²) in [5.74, 6) is 1.49. The standard InChI is InChI=1S/C15H13IN4/c1-20-15(12-9-11(16)7-8-13(12)17)18-14(19-20)10-5-3-2-4-6-10/h2-9H,17H2,1H3. The molecule has 3 aromatic rings. The van der Waals surface area contributed by atoms with Crippen LogP contribution in [0.3, 0.4) is 0 Å². The number of nitrogens with two attached hydrogens (primary N) is 1. The maximum Gasteiger partial charge on any atom is 0.181 e. The van der Waals surface area contributed by atoms with Crippen LogP contribution in [0.15, 0.2) is 48.5 Å². The van der Waals surface area contributed by atoms with Gasteiger partial charge in [0.25, 0.3) is 0 Å². The minimum absolute atomic E-state index is 0.709. The van der Waals surface area contributed by atoms with Crippen LogP contribution in [-0.4, -0.2) is 14.8 Å². The molecule has 4 nitrogen and oxygen atoms in total. The number of halogens is 1. The first-order valence-corrected chi connectivity index (χ1v) is 7.25. The fourth-order valence-corrected chi connectivity index (χ4v) is 2.54. The Hall–Kier alpha value is -1.89. The van der Waals surface area contributed by atoms with Gasteiger partial charge in [0.15, 0.2) is 11.6 Å². The topological polar surface area (TPSA) is 56.7 Å². The second-order valence-corrected chi connectivity index (χ2v) is 5.73. The summed E-state index contributed by atoms with van der Waals surface area (Å²) in [6, 6.07) is 15.8. The van der Waals surface area contributed by atoms with Gasteiger partial charge in [-0.2, -0.15) is 5.10 Å². The molecule has 1 aromatic heterocycles. The molecule has 0 unspecified atom stereocenters. The van der Waals surface area contributed by atoms with Crippen molar-refractivity contribution in [3.8, 4) is 22.8 Å². The maximum atomic E-state index is 6.05. The molecule has 0 aliphatic carbocycles. The van der Waals surface area contributed by atoms with Gasteiger partial charge < -0.3 is 5.73 Å². The molecule has 0 atom stereocenters. The van der Waals surface area contributed by atoms with E-state index in [0.717, 1.165) is 20.5 Å². The van der Waals surface area contributed by atoms with Crippen molar-refractivity contribution in [3.05, 3.63) is 52.1 Å². The van der Waals surface area contributed by atoms with Crippen LogP contribution in [-0.2, 0) is 7.05 Å². The molecule has 0 fully saturated rings. The number of nitrogens with zero attached hydrogens (tertiary/aromatic N) is 3. The lowest BCUT2D eigenvalue weighted by Gasteiger charge is -2.04. The quantitative estimate of drug-likeness (QED) is 0.552. The minimum atomic E-state index is 0.709. The highest BCUT2D eigenvalue weighted by atomic mass is 127. The average molecular weight is 376 g/mol. The fraction of sp³-hybridized carbons (Fsp3) is 0.0667. The number of anilines is 1. The number of aryl methyl sites for hydroxylation is 1. The molecular weight excluding hydrogens is 363 g/mol. The Morgan fingerprint density at radius 3 is 2.60 bits per heavy atom. The second kappa shape index (κ2) is 5.24. The fourth-order valence-electron chi connectivity index (χ4n) is 2.05. The van der Waals surface area contributed by atoms with Crippen LogP contribution in [0.25, 0.3) is 22.8 Å². The van der Waals surface area contributed by atoms with Gasteiger partial charge in [0.2, 0.25) is 0 Å². The molecule has 3 rings (SSSR count). The summed E-state index contributed by atoms with van der Waals surface area (Å²) < 4.78 is 2.89. The Morgan fingerprint density at radius 2 is 1.85 bits per heavy atom. The third-order valence-electron chi connectivity index (χ3n) is 3.05. The zero-order valence-corrected chi connectivity index (χ0v) is 13.1. The molecule has 5 heteroatoms. The van der Waals surface area contributed by atoms with Crippen LogP contribution in [0.5, 0.6) is 0 Å². The molecule has 2 N–H and O–H groups in total. The van der Waals surface area contributed by atoms with Crippen molar-refractivity contribution in [3.63, 3.8) is 0 Å². The number of hydrogen-bond donors (Lipinski definition) is 1. The molecule has 0 saturated heterocycles. The lowest BCUT2D eigenvalue weighted by atomic mass is 10.1. The number of benzene rings is 2. The van der Waals surface area contributed by atoms with Crippen molar-refractivity contribution < 1.29 is 0 Å². The molecule has 0 aliphatic rings. The zero-order chi connectivity index (χ0) is 14.1. The molecule has 0 saturated carbocycles. The lowest BCUT2D eigenvalue weighted by molar-refractivity contribution is 0.777. The molecule has 20 heavy (non-hydrogen) atoms. The molecule has 100 valence electrons. The Morgan fingerprint density at radius 1 is 1.10 bits per heavy atom. The largest absolute Gasteiger partial charge is 0.398 e. The van der Waals surface area contributed by atoms with Gasteiger partial charge in [-0.15, -0.1) is 0 Å². The van der Waals surface area contributed by atoms with Crippen molar-refractivity contribution in [1.82, 2.24) is 14.8 Å². The number of aromatic nitrogens is 3. The molecule has 0 amide bonds. The summed E-state index contributed by atoms with van der Waals surface area (Å²) in [7, 11) is 1.88. The predicted octanol–water partition coefficient (Wildman–Crippen LogP) is 3.34. The van der Waals surface area contributed by atoms with E-state index in [9.17, 15) is 0 Å². The number of rotatable bonds is 2. The van der Waals surface area contributed by atoms with Crippen LogP contribution in [0.4, 0.5) is 5.69 Å². The Labute approximate surface area is 130 Å². The van der Waals surface area contributed by atoms with Gasteiger partial charge in [-0.3, -0.25) is 0 Å². The van der Waals surface area contributed by atoms with Gasteiger partial charge >= 0.3 is 0 Å². The van der Waals surface area contributed by atoms with Gasteiger partial charge in [0.05, 0.1) is 0 Å². The SMILES string of the molecule is Cn1nc(-c2ccccc2)nc1-c1cc(I)ccc1N. The lowest BCUT2D eigenvalue weighted by Crippen LogP contribution is -1.98. The van der Waals surface area contributed by atoms with E-state index < -0.39 is 0 Å². The van der Waals surface area contributed by atoms with E-state index in [1.807, 2.05) is 55.6 Å². The summed E-state index contributed by atoms with van der Waals surface area (Å²) in [4.78, 5) is 4.62.